The average molecular weight is 450 g/mol. The number of pyridine rings is 1. The molecule has 34 heavy (non-hydrogen) atoms. The van der Waals surface area contributed by atoms with Crippen LogP contribution >= 0.6 is 0 Å². The Bertz CT molecular complexity index is 1480. The molecule has 5 aromatic rings. The molecule has 3 aromatic heterocycles. The summed E-state index contributed by atoms with van der Waals surface area (Å²) < 4.78 is 0. The van der Waals surface area contributed by atoms with Crippen molar-refractivity contribution >= 4 is 28.2 Å². The average Bonchev–Trinajstić information content (AvgIpc) is 3.51. The van der Waals surface area contributed by atoms with Gasteiger partial charge in [0.2, 0.25) is 0 Å². The lowest BCUT2D eigenvalue weighted by molar-refractivity contribution is -0.114. The van der Waals surface area contributed by atoms with Crippen molar-refractivity contribution in [2.45, 2.75) is 12.6 Å². The van der Waals surface area contributed by atoms with Gasteiger partial charge in [0.1, 0.15) is 11.9 Å². The molecule has 1 saturated heterocycles. The van der Waals surface area contributed by atoms with E-state index in [4.69, 9.17) is 4.98 Å². The molecule has 1 fully saturated rings. The van der Waals surface area contributed by atoms with Gasteiger partial charge in [-0.25, -0.2) is 4.98 Å². The highest BCUT2D eigenvalue weighted by Crippen LogP contribution is 2.32. The van der Waals surface area contributed by atoms with E-state index in [1.807, 2.05) is 25.6 Å². The fourth-order valence-electron chi connectivity index (χ4n) is 4.98. The van der Waals surface area contributed by atoms with Crippen LogP contribution < -0.4 is 0 Å². The molecule has 0 spiro atoms. The molecule has 1 aliphatic heterocycles. The number of fused-ring (bicyclic) bond motifs is 2. The number of hydrogen-bond acceptors (Lipinski definition) is 4. The van der Waals surface area contributed by atoms with E-state index in [1.54, 1.807) is 0 Å². The summed E-state index contributed by atoms with van der Waals surface area (Å²) >= 11 is 0. The molecule has 0 aliphatic carbocycles. The molecule has 1 unspecified atom stereocenters. The molecular weight excluding hydrogens is 422 g/mol. The summed E-state index contributed by atoms with van der Waals surface area (Å²) in [5.41, 5.74) is 7.86. The van der Waals surface area contributed by atoms with Crippen molar-refractivity contribution in [3.05, 3.63) is 78.8 Å². The van der Waals surface area contributed by atoms with Gasteiger partial charge in [0.05, 0.1) is 6.04 Å². The van der Waals surface area contributed by atoms with Gasteiger partial charge in [-0.2, -0.15) is 0 Å². The van der Waals surface area contributed by atoms with E-state index in [1.165, 1.54) is 16.5 Å². The standard InChI is InChI=1S/C28H27N5O/c1-32-9-10-33(17-24(32)18-34)16-19-3-2-4-20(11-19)23-13-25-26(15-31-28(25)30-14-23)21-5-6-27-22(12-21)7-8-29-27/h2-8,11-15,18,24,29H,9-10,16-17H2,1H3,(H,30,31). The number of carbonyl (C=O) groups excluding carboxylic acids is 1. The largest absolute Gasteiger partial charge is 0.361 e. The lowest BCUT2D eigenvalue weighted by Crippen LogP contribution is -2.51. The number of rotatable bonds is 5. The second kappa shape index (κ2) is 8.56. The Kier molecular flexibility index (Phi) is 5.24. The van der Waals surface area contributed by atoms with E-state index in [0.717, 1.165) is 65.7 Å². The first-order chi connectivity index (χ1) is 16.7. The number of carbonyl (C=O) groups is 1. The zero-order chi connectivity index (χ0) is 23.1. The maximum absolute atomic E-state index is 11.4. The number of hydrogen-bond donors (Lipinski definition) is 2. The summed E-state index contributed by atoms with van der Waals surface area (Å²) in [4.78, 5) is 27.2. The molecule has 2 aromatic carbocycles. The van der Waals surface area contributed by atoms with Crippen molar-refractivity contribution in [1.29, 1.82) is 0 Å². The van der Waals surface area contributed by atoms with Crippen molar-refractivity contribution in [1.82, 2.24) is 24.8 Å². The first-order valence-corrected chi connectivity index (χ1v) is 11.7. The zero-order valence-corrected chi connectivity index (χ0v) is 19.2. The molecule has 0 bridgehead atoms. The van der Waals surface area contributed by atoms with Gasteiger partial charge in [0, 0.05) is 66.8 Å². The summed E-state index contributed by atoms with van der Waals surface area (Å²) in [5.74, 6) is 0. The van der Waals surface area contributed by atoms with Crippen LogP contribution in [0, 0.1) is 0 Å². The number of nitrogens with one attached hydrogen (secondary N) is 2. The van der Waals surface area contributed by atoms with Crippen LogP contribution in [0.5, 0.6) is 0 Å². The highest BCUT2D eigenvalue weighted by molar-refractivity contribution is 5.98. The van der Waals surface area contributed by atoms with Crippen LogP contribution in [0.1, 0.15) is 5.56 Å². The summed E-state index contributed by atoms with van der Waals surface area (Å²) in [5, 5.41) is 2.31. The Labute approximate surface area is 198 Å². The minimum absolute atomic E-state index is 0.0268. The predicted molar refractivity (Wildman–Crippen MR) is 137 cm³/mol. The van der Waals surface area contributed by atoms with Crippen molar-refractivity contribution in [2.24, 2.45) is 0 Å². The Morgan fingerprint density at radius 1 is 1.03 bits per heavy atom. The van der Waals surface area contributed by atoms with Gasteiger partial charge in [0.25, 0.3) is 0 Å². The van der Waals surface area contributed by atoms with Crippen molar-refractivity contribution in [2.75, 3.05) is 26.7 Å². The number of H-pyrrole nitrogens is 2. The molecular formula is C28H27N5O. The first-order valence-electron chi connectivity index (χ1n) is 11.7. The highest BCUT2D eigenvalue weighted by Gasteiger charge is 2.23. The molecule has 0 saturated carbocycles. The van der Waals surface area contributed by atoms with Crippen molar-refractivity contribution in [3.63, 3.8) is 0 Å². The Balaban J connectivity index is 1.30. The molecule has 1 aliphatic rings. The predicted octanol–water partition coefficient (Wildman–Crippen LogP) is 4.69. The Morgan fingerprint density at radius 2 is 1.97 bits per heavy atom. The molecule has 4 heterocycles. The summed E-state index contributed by atoms with van der Waals surface area (Å²) in [6.45, 7) is 3.50. The van der Waals surface area contributed by atoms with Gasteiger partial charge < -0.3 is 14.8 Å². The second-order valence-electron chi connectivity index (χ2n) is 9.22. The molecule has 6 heteroatoms. The lowest BCUT2D eigenvalue weighted by Gasteiger charge is -2.36. The fraction of sp³-hybridized carbons (Fsp3) is 0.214. The van der Waals surface area contributed by atoms with Crippen molar-refractivity contribution < 1.29 is 4.79 Å². The number of nitrogens with zero attached hydrogens (tertiary/aromatic N) is 3. The van der Waals surface area contributed by atoms with Crippen LogP contribution in [0.25, 0.3) is 44.2 Å². The van der Waals surface area contributed by atoms with Gasteiger partial charge in [-0.1, -0.05) is 24.3 Å². The smallest absolute Gasteiger partial charge is 0.138 e. The SMILES string of the molecule is CN1CCN(Cc2cccc(-c3cnc4[nH]cc(-c5ccc6[nH]ccc6c5)c4c3)c2)CC1C=O. The molecule has 0 radical (unpaired) electrons. The van der Waals surface area contributed by atoms with Gasteiger partial charge >= 0.3 is 0 Å². The maximum Gasteiger partial charge on any atom is 0.138 e. The van der Waals surface area contributed by atoms with Crippen LogP contribution in [0.2, 0.25) is 0 Å². The third-order valence-electron chi connectivity index (χ3n) is 7.00. The number of aromatic amines is 2. The third-order valence-corrected chi connectivity index (χ3v) is 7.00. The van der Waals surface area contributed by atoms with Gasteiger partial charge in [-0.3, -0.25) is 9.80 Å². The summed E-state index contributed by atoms with van der Waals surface area (Å²) in [6, 6.07) is 19.4. The molecule has 6 rings (SSSR count). The Morgan fingerprint density at radius 3 is 2.88 bits per heavy atom. The fourth-order valence-corrected chi connectivity index (χ4v) is 4.98. The van der Waals surface area contributed by atoms with Crippen LogP contribution in [-0.2, 0) is 11.3 Å². The number of aldehydes is 1. The number of aromatic nitrogens is 3. The summed E-state index contributed by atoms with van der Waals surface area (Å²) in [7, 11) is 2.02. The van der Waals surface area contributed by atoms with E-state index in [0.29, 0.717) is 0 Å². The molecule has 6 nitrogen and oxygen atoms in total. The van der Waals surface area contributed by atoms with Crippen molar-refractivity contribution in [3.8, 4) is 22.3 Å². The van der Waals surface area contributed by atoms with Gasteiger partial charge in [-0.15, -0.1) is 0 Å². The molecule has 2 N–H and O–H groups in total. The van der Waals surface area contributed by atoms with E-state index in [9.17, 15) is 4.79 Å². The quantitative estimate of drug-likeness (QED) is 0.382. The Hall–Kier alpha value is -3.74. The van der Waals surface area contributed by atoms with Gasteiger partial charge in [0.15, 0.2) is 0 Å². The molecule has 0 amide bonds. The monoisotopic (exact) mass is 449 g/mol. The maximum atomic E-state index is 11.4. The van der Waals surface area contributed by atoms with E-state index in [-0.39, 0.29) is 6.04 Å². The lowest BCUT2D eigenvalue weighted by atomic mass is 10.00. The third kappa shape index (κ3) is 3.81. The summed E-state index contributed by atoms with van der Waals surface area (Å²) in [6.07, 6.45) is 7.02. The number of piperazine rings is 1. The van der Waals surface area contributed by atoms with E-state index in [2.05, 4.69) is 74.4 Å². The number of benzene rings is 2. The minimum atomic E-state index is -0.0268. The first kappa shape index (κ1) is 20.8. The van der Waals surface area contributed by atoms with Gasteiger partial charge in [-0.05, 0) is 59.5 Å². The highest BCUT2D eigenvalue weighted by atomic mass is 16.1. The van der Waals surface area contributed by atoms with Crippen LogP contribution in [0.15, 0.2) is 73.2 Å². The minimum Gasteiger partial charge on any atom is -0.361 e. The molecule has 1 atom stereocenters. The number of likely N-dealkylation sites (N-methyl/N-ethyl adjacent to an activating group) is 1. The van der Waals surface area contributed by atoms with Crippen LogP contribution in [0.3, 0.4) is 0 Å². The second-order valence-corrected chi connectivity index (χ2v) is 9.22. The topological polar surface area (TPSA) is 68.0 Å². The van der Waals surface area contributed by atoms with E-state index >= 15 is 0 Å². The van der Waals surface area contributed by atoms with Crippen LogP contribution in [-0.4, -0.2) is 63.8 Å². The van der Waals surface area contributed by atoms with Crippen LogP contribution in [0.4, 0.5) is 0 Å². The van der Waals surface area contributed by atoms with E-state index < -0.39 is 0 Å². The normalized spacial score (nSPS) is 17.5. The molecule has 170 valence electrons. The zero-order valence-electron chi connectivity index (χ0n) is 19.2.